The molecule has 0 bridgehead atoms. The molecule has 6 nitrogen and oxygen atoms in total. The van der Waals surface area contributed by atoms with E-state index in [0.29, 0.717) is 56.0 Å². The fourth-order valence-electron chi connectivity index (χ4n) is 3.41. The van der Waals surface area contributed by atoms with Crippen molar-refractivity contribution in [1.29, 1.82) is 0 Å². The summed E-state index contributed by atoms with van der Waals surface area (Å²) >= 11 is 0. The van der Waals surface area contributed by atoms with Crippen molar-refractivity contribution in [2.24, 2.45) is 0 Å². The number of benzene rings is 2. The second-order valence-corrected chi connectivity index (χ2v) is 6.99. The number of allylic oxidation sites excluding steroid dienone is 1. The average Bonchev–Trinajstić information content (AvgIpc) is 2.81. The molecule has 0 aliphatic heterocycles. The lowest BCUT2D eigenvalue weighted by molar-refractivity contribution is 0.103. The molecule has 33 heavy (non-hydrogen) atoms. The van der Waals surface area contributed by atoms with Crippen molar-refractivity contribution >= 4 is 11.9 Å². The molecule has 0 amide bonds. The van der Waals surface area contributed by atoms with E-state index in [-0.39, 0.29) is 11.3 Å². The molecule has 0 heterocycles. The van der Waals surface area contributed by atoms with Crippen molar-refractivity contribution in [2.45, 2.75) is 48.0 Å². The van der Waals surface area contributed by atoms with E-state index < -0.39 is 0 Å². The van der Waals surface area contributed by atoms with Gasteiger partial charge in [-0.3, -0.25) is 4.79 Å². The summed E-state index contributed by atoms with van der Waals surface area (Å²) in [5.41, 5.74) is 2.29. The van der Waals surface area contributed by atoms with Crippen LogP contribution in [-0.4, -0.2) is 38.8 Å². The number of ketones is 1. The predicted octanol–water partition coefficient (Wildman–Crippen LogP) is 6.14. The Labute approximate surface area is 197 Å². The quantitative estimate of drug-likeness (QED) is 0.251. The average molecular weight is 457 g/mol. The molecule has 0 radical (unpaired) electrons. The minimum atomic E-state index is -0.270. The maximum atomic E-state index is 13.5. The van der Waals surface area contributed by atoms with E-state index in [4.69, 9.17) is 23.7 Å². The molecule has 2 aromatic rings. The van der Waals surface area contributed by atoms with Crippen LogP contribution in [0.25, 0.3) is 6.08 Å². The lowest BCUT2D eigenvalue weighted by atomic mass is 10.0. The van der Waals surface area contributed by atoms with E-state index in [1.54, 1.807) is 12.1 Å². The van der Waals surface area contributed by atoms with Crippen molar-refractivity contribution in [3.63, 3.8) is 0 Å². The van der Waals surface area contributed by atoms with Crippen LogP contribution < -0.4 is 23.7 Å². The zero-order valence-electron chi connectivity index (χ0n) is 20.7. The Morgan fingerprint density at radius 2 is 1.21 bits per heavy atom. The Kier molecular flexibility index (Phi) is 10.6. The largest absolute Gasteiger partial charge is 0.493 e. The minimum absolute atomic E-state index is 0.270. The third kappa shape index (κ3) is 6.67. The Balaban J connectivity index is 2.64. The monoisotopic (exact) mass is 456 g/mol. The second-order valence-electron chi connectivity index (χ2n) is 6.99. The van der Waals surface area contributed by atoms with Gasteiger partial charge in [0.2, 0.25) is 0 Å². The Hall–Kier alpha value is -3.15. The smallest absolute Gasteiger partial charge is 0.193 e. The fraction of sp³-hybridized carbons (Fsp3) is 0.444. The lowest BCUT2D eigenvalue weighted by Gasteiger charge is -2.20. The van der Waals surface area contributed by atoms with E-state index in [1.807, 2.05) is 52.8 Å². The maximum absolute atomic E-state index is 13.5. The van der Waals surface area contributed by atoms with Gasteiger partial charge in [0.15, 0.2) is 28.8 Å². The highest BCUT2D eigenvalue weighted by molar-refractivity contribution is 6.11. The summed E-state index contributed by atoms with van der Waals surface area (Å²) in [7, 11) is 0. The van der Waals surface area contributed by atoms with Gasteiger partial charge in [-0.2, -0.15) is 0 Å². The van der Waals surface area contributed by atoms with E-state index in [0.717, 1.165) is 23.3 Å². The predicted molar refractivity (Wildman–Crippen MR) is 131 cm³/mol. The molecule has 0 aliphatic carbocycles. The van der Waals surface area contributed by atoms with Crippen molar-refractivity contribution in [1.82, 2.24) is 0 Å². The number of rotatable bonds is 14. The fourth-order valence-corrected chi connectivity index (χ4v) is 3.41. The number of hydrogen-bond donors (Lipinski definition) is 0. The zero-order valence-corrected chi connectivity index (χ0v) is 20.7. The van der Waals surface area contributed by atoms with Gasteiger partial charge in [-0.1, -0.05) is 13.0 Å². The first-order chi connectivity index (χ1) is 16.0. The highest BCUT2D eigenvalue weighted by atomic mass is 16.5. The highest BCUT2D eigenvalue weighted by Crippen LogP contribution is 2.45. The molecular formula is C27H36O6. The summed E-state index contributed by atoms with van der Waals surface area (Å²) in [5, 5.41) is 0. The summed E-state index contributed by atoms with van der Waals surface area (Å²) in [6.07, 6.45) is 4.17. The maximum Gasteiger partial charge on any atom is 0.193 e. The van der Waals surface area contributed by atoms with Gasteiger partial charge in [-0.15, -0.1) is 0 Å². The van der Waals surface area contributed by atoms with E-state index >= 15 is 0 Å². The molecule has 0 unspecified atom stereocenters. The van der Waals surface area contributed by atoms with Gasteiger partial charge in [-0.25, -0.2) is 0 Å². The summed E-state index contributed by atoms with van der Waals surface area (Å²) in [5.74, 6) is 2.07. The van der Waals surface area contributed by atoms with Crippen molar-refractivity contribution in [3.8, 4) is 28.7 Å². The van der Waals surface area contributed by atoms with Gasteiger partial charge in [-0.05, 0) is 70.9 Å². The molecule has 0 fully saturated rings. The van der Waals surface area contributed by atoms with Gasteiger partial charge in [0, 0.05) is 11.6 Å². The molecule has 2 aromatic carbocycles. The zero-order chi connectivity index (χ0) is 24.2. The lowest BCUT2D eigenvalue weighted by Crippen LogP contribution is -2.10. The third-order valence-electron chi connectivity index (χ3n) is 4.78. The molecule has 6 heteroatoms. The van der Waals surface area contributed by atoms with Crippen LogP contribution in [-0.2, 0) is 6.42 Å². The molecule has 0 saturated carbocycles. The first-order valence-corrected chi connectivity index (χ1v) is 11.7. The molecule has 0 aliphatic rings. The van der Waals surface area contributed by atoms with E-state index in [2.05, 4.69) is 6.92 Å². The molecule has 0 saturated heterocycles. The van der Waals surface area contributed by atoms with Crippen LogP contribution in [0.5, 0.6) is 28.7 Å². The molecule has 0 spiro atoms. The van der Waals surface area contributed by atoms with Crippen LogP contribution in [0.4, 0.5) is 0 Å². The Bertz CT molecular complexity index is 914. The first-order valence-electron chi connectivity index (χ1n) is 11.7. The SMILES string of the molecule is CCOc1ccc(CC)cc1/C=C/C(=O)c1c(OCC)c(OCC)cc(OCC)c1OCC. The molecule has 0 N–H and O–H groups in total. The van der Waals surface area contributed by atoms with E-state index in [1.165, 1.54) is 6.08 Å². The third-order valence-corrected chi connectivity index (χ3v) is 4.78. The van der Waals surface area contributed by atoms with Crippen LogP contribution in [0.2, 0.25) is 0 Å². The van der Waals surface area contributed by atoms with Crippen LogP contribution in [0, 0.1) is 0 Å². The highest BCUT2D eigenvalue weighted by Gasteiger charge is 2.26. The normalized spacial score (nSPS) is 10.8. The molecule has 180 valence electrons. The summed E-state index contributed by atoms with van der Waals surface area (Å²) in [6, 6.07) is 7.72. The number of hydrogen-bond acceptors (Lipinski definition) is 6. The Morgan fingerprint density at radius 1 is 0.697 bits per heavy atom. The number of carbonyl (C=O) groups is 1. The van der Waals surface area contributed by atoms with Gasteiger partial charge in [0.1, 0.15) is 11.3 Å². The van der Waals surface area contributed by atoms with Crippen LogP contribution in [0.15, 0.2) is 30.3 Å². The second kappa shape index (κ2) is 13.4. The van der Waals surface area contributed by atoms with Gasteiger partial charge >= 0.3 is 0 Å². The summed E-state index contributed by atoms with van der Waals surface area (Å²) < 4.78 is 29.1. The minimum Gasteiger partial charge on any atom is -0.493 e. The molecular weight excluding hydrogens is 420 g/mol. The number of carbonyl (C=O) groups excluding carboxylic acids is 1. The molecule has 0 aromatic heterocycles. The van der Waals surface area contributed by atoms with Crippen LogP contribution in [0.3, 0.4) is 0 Å². The summed E-state index contributed by atoms with van der Waals surface area (Å²) in [4.78, 5) is 13.5. The van der Waals surface area contributed by atoms with Gasteiger partial charge in [0.05, 0.1) is 33.0 Å². The van der Waals surface area contributed by atoms with Crippen LogP contribution in [0.1, 0.15) is 63.0 Å². The van der Waals surface area contributed by atoms with Gasteiger partial charge < -0.3 is 23.7 Å². The van der Waals surface area contributed by atoms with Crippen molar-refractivity contribution in [2.75, 3.05) is 33.0 Å². The topological polar surface area (TPSA) is 63.2 Å². The number of aryl methyl sites for hydroxylation is 1. The van der Waals surface area contributed by atoms with E-state index in [9.17, 15) is 4.79 Å². The van der Waals surface area contributed by atoms with Gasteiger partial charge in [0.25, 0.3) is 0 Å². The standard InChI is InChI=1S/C27H36O6/c1-7-19-13-16-22(29-8-2)20(17-19)14-15-21(28)25-26(32-11-5)23(30-9-3)18-24(31-10-4)27(25)33-12-6/h13-18H,7-12H2,1-6H3/b15-14+. The molecule has 0 atom stereocenters. The van der Waals surface area contributed by atoms with Crippen LogP contribution >= 0.6 is 0 Å². The first kappa shape index (κ1) is 26.1. The van der Waals surface area contributed by atoms with Crippen molar-refractivity contribution in [3.05, 3.63) is 47.0 Å². The number of ether oxygens (including phenoxy) is 5. The van der Waals surface area contributed by atoms with Crippen molar-refractivity contribution < 1.29 is 28.5 Å². The molecule has 2 rings (SSSR count). The summed E-state index contributed by atoms with van der Waals surface area (Å²) in [6.45, 7) is 13.6. The Morgan fingerprint density at radius 3 is 1.70 bits per heavy atom.